The molecule has 3 N–H and O–H groups in total. The van der Waals surface area contributed by atoms with Crippen LogP contribution in [0.1, 0.15) is 43.5 Å². The van der Waals surface area contributed by atoms with Gasteiger partial charge in [0.1, 0.15) is 0 Å². The van der Waals surface area contributed by atoms with E-state index in [0.717, 1.165) is 30.8 Å². The maximum absolute atomic E-state index is 6.06. The molecule has 0 saturated heterocycles. The number of nitrogens with one attached hydrogen (secondary N) is 1. The van der Waals surface area contributed by atoms with Crippen molar-refractivity contribution in [2.45, 2.75) is 38.6 Å². The van der Waals surface area contributed by atoms with Gasteiger partial charge in [0.2, 0.25) is 0 Å². The minimum atomic E-state index is 0.403. The van der Waals surface area contributed by atoms with E-state index in [9.17, 15) is 0 Å². The van der Waals surface area contributed by atoms with Gasteiger partial charge in [-0.3, -0.25) is 0 Å². The number of nitrogens with zero attached hydrogens (tertiary/aromatic N) is 2. The van der Waals surface area contributed by atoms with Crippen molar-refractivity contribution < 1.29 is 0 Å². The van der Waals surface area contributed by atoms with E-state index in [2.05, 4.69) is 33.9 Å². The number of hydrogen-bond donors (Lipinski definition) is 2. The van der Waals surface area contributed by atoms with Crippen LogP contribution in [0.5, 0.6) is 0 Å². The zero-order valence-electron chi connectivity index (χ0n) is 12.0. The molecular weight excluding hydrogens is 248 g/mol. The van der Waals surface area contributed by atoms with Gasteiger partial charge in [-0.25, -0.2) is 4.98 Å². The van der Waals surface area contributed by atoms with Crippen LogP contribution in [0, 0.1) is 0 Å². The molecule has 1 aromatic carbocycles. The molecule has 3 rings (SSSR count). The molecule has 1 atom stereocenters. The molecule has 1 aliphatic heterocycles. The van der Waals surface area contributed by atoms with E-state index in [1.54, 1.807) is 0 Å². The highest BCUT2D eigenvalue weighted by Gasteiger charge is 2.23. The van der Waals surface area contributed by atoms with Gasteiger partial charge in [-0.2, -0.15) is 0 Å². The quantitative estimate of drug-likeness (QED) is 0.648. The van der Waals surface area contributed by atoms with Gasteiger partial charge in [-0.15, -0.1) is 0 Å². The zero-order chi connectivity index (χ0) is 13.9. The minimum Gasteiger partial charge on any atom is -0.397 e. The van der Waals surface area contributed by atoms with Gasteiger partial charge in [-0.1, -0.05) is 19.4 Å². The molecule has 0 bridgehead atoms. The van der Waals surface area contributed by atoms with Crippen LogP contribution in [0.25, 0.3) is 0 Å². The normalized spacial score (nSPS) is 17.1. The standard InChI is InChI=1S/C16H22N4/c1-2-3-8-19-15-9-12(4-6-14(15)17)16-7-5-13-10-18-11-20(13)16/h4,6,9-11,16,19H,2-3,5,7-8,17H2,1H3. The lowest BCUT2D eigenvalue weighted by Gasteiger charge is -2.16. The Hall–Kier alpha value is -1.97. The third kappa shape index (κ3) is 2.38. The van der Waals surface area contributed by atoms with Crippen molar-refractivity contribution in [1.29, 1.82) is 0 Å². The fourth-order valence-electron chi connectivity index (χ4n) is 2.89. The topological polar surface area (TPSA) is 55.9 Å². The van der Waals surface area contributed by atoms with Crippen molar-refractivity contribution in [3.8, 4) is 0 Å². The second-order valence-corrected chi connectivity index (χ2v) is 5.47. The van der Waals surface area contributed by atoms with E-state index < -0.39 is 0 Å². The summed E-state index contributed by atoms with van der Waals surface area (Å²) in [6.07, 6.45) is 8.52. The second-order valence-electron chi connectivity index (χ2n) is 5.47. The lowest BCUT2D eigenvalue weighted by atomic mass is 10.0. The Balaban J connectivity index is 1.82. The molecule has 0 amide bonds. The number of aromatic nitrogens is 2. The summed E-state index contributed by atoms with van der Waals surface area (Å²) in [4.78, 5) is 4.24. The molecule has 0 radical (unpaired) electrons. The average molecular weight is 270 g/mol. The molecule has 4 nitrogen and oxygen atoms in total. The molecular formula is C16H22N4. The van der Waals surface area contributed by atoms with E-state index in [1.165, 1.54) is 24.1 Å². The van der Waals surface area contributed by atoms with Gasteiger partial charge in [-0.05, 0) is 37.0 Å². The third-order valence-corrected chi connectivity index (χ3v) is 4.06. The Morgan fingerprint density at radius 3 is 3.20 bits per heavy atom. The number of nitrogens with two attached hydrogens (primary N) is 1. The Morgan fingerprint density at radius 2 is 2.35 bits per heavy atom. The summed E-state index contributed by atoms with van der Waals surface area (Å²) >= 11 is 0. The number of rotatable bonds is 5. The fourth-order valence-corrected chi connectivity index (χ4v) is 2.89. The highest BCUT2D eigenvalue weighted by molar-refractivity contribution is 5.67. The van der Waals surface area contributed by atoms with E-state index in [4.69, 9.17) is 5.73 Å². The SMILES string of the molecule is CCCCNc1cc(C2CCc3cncn32)ccc1N. The van der Waals surface area contributed by atoms with Crippen LogP contribution in [0.4, 0.5) is 11.4 Å². The van der Waals surface area contributed by atoms with Crippen molar-refractivity contribution in [2.24, 2.45) is 0 Å². The third-order valence-electron chi connectivity index (χ3n) is 4.06. The summed E-state index contributed by atoms with van der Waals surface area (Å²) in [5.74, 6) is 0. The van der Waals surface area contributed by atoms with E-state index in [0.29, 0.717) is 6.04 Å². The van der Waals surface area contributed by atoms with Crippen molar-refractivity contribution in [3.63, 3.8) is 0 Å². The van der Waals surface area contributed by atoms with Gasteiger partial charge in [0.05, 0.1) is 23.7 Å². The van der Waals surface area contributed by atoms with Crippen molar-refractivity contribution in [3.05, 3.63) is 42.0 Å². The molecule has 0 saturated carbocycles. The molecule has 1 aromatic heterocycles. The fraction of sp³-hybridized carbons (Fsp3) is 0.438. The van der Waals surface area contributed by atoms with Gasteiger partial charge in [0, 0.05) is 18.4 Å². The first-order valence-electron chi connectivity index (χ1n) is 7.43. The molecule has 106 valence electrons. The lowest BCUT2D eigenvalue weighted by molar-refractivity contribution is 0.616. The van der Waals surface area contributed by atoms with Crippen LogP contribution in [0.3, 0.4) is 0 Å². The molecule has 0 aliphatic carbocycles. The van der Waals surface area contributed by atoms with Crippen LogP contribution >= 0.6 is 0 Å². The number of hydrogen-bond acceptors (Lipinski definition) is 3. The monoisotopic (exact) mass is 270 g/mol. The molecule has 1 unspecified atom stereocenters. The number of aryl methyl sites for hydroxylation is 1. The summed E-state index contributed by atoms with van der Waals surface area (Å²) in [6, 6.07) is 6.75. The van der Waals surface area contributed by atoms with Crippen LogP contribution in [-0.4, -0.2) is 16.1 Å². The van der Waals surface area contributed by atoms with Gasteiger partial charge >= 0.3 is 0 Å². The summed E-state index contributed by atoms with van der Waals surface area (Å²) in [5.41, 5.74) is 10.6. The Morgan fingerprint density at radius 1 is 1.45 bits per heavy atom. The summed E-state index contributed by atoms with van der Waals surface area (Å²) < 4.78 is 2.28. The summed E-state index contributed by atoms with van der Waals surface area (Å²) in [7, 11) is 0. The first-order valence-corrected chi connectivity index (χ1v) is 7.43. The zero-order valence-corrected chi connectivity index (χ0v) is 12.0. The first kappa shape index (κ1) is 13.0. The molecule has 2 aromatic rings. The van der Waals surface area contributed by atoms with E-state index in [1.807, 2.05) is 18.6 Å². The van der Waals surface area contributed by atoms with Crippen molar-refractivity contribution in [1.82, 2.24) is 9.55 Å². The maximum Gasteiger partial charge on any atom is 0.0953 e. The van der Waals surface area contributed by atoms with Gasteiger partial charge < -0.3 is 15.6 Å². The lowest BCUT2D eigenvalue weighted by Crippen LogP contribution is -2.08. The highest BCUT2D eigenvalue weighted by atomic mass is 15.1. The minimum absolute atomic E-state index is 0.403. The summed E-state index contributed by atoms with van der Waals surface area (Å²) in [5, 5.41) is 3.45. The van der Waals surface area contributed by atoms with E-state index >= 15 is 0 Å². The number of anilines is 2. The molecule has 1 aliphatic rings. The van der Waals surface area contributed by atoms with Crippen molar-refractivity contribution in [2.75, 3.05) is 17.6 Å². The average Bonchev–Trinajstić information content (AvgIpc) is 3.04. The number of benzene rings is 1. The molecule has 20 heavy (non-hydrogen) atoms. The van der Waals surface area contributed by atoms with Gasteiger partial charge in [0.15, 0.2) is 0 Å². The predicted molar refractivity (Wildman–Crippen MR) is 82.9 cm³/mol. The van der Waals surface area contributed by atoms with Crippen LogP contribution in [0.15, 0.2) is 30.7 Å². The van der Waals surface area contributed by atoms with E-state index in [-0.39, 0.29) is 0 Å². The number of imidazole rings is 1. The summed E-state index contributed by atoms with van der Waals surface area (Å²) in [6.45, 7) is 3.17. The Kier molecular flexibility index (Phi) is 3.63. The molecule has 4 heteroatoms. The number of unbranched alkanes of at least 4 members (excludes halogenated alkanes) is 1. The first-order chi connectivity index (χ1) is 9.79. The van der Waals surface area contributed by atoms with Crippen molar-refractivity contribution >= 4 is 11.4 Å². The molecule has 2 heterocycles. The van der Waals surface area contributed by atoms with Crippen LogP contribution < -0.4 is 11.1 Å². The van der Waals surface area contributed by atoms with Crippen LogP contribution in [0.2, 0.25) is 0 Å². The van der Waals surface area contributed by atoms with Crippen LogP contribution in [-0.2, 0) is 6.42 Å². The smallest absolute Gasteiger partial charge is 0.0953 e. The van der Waals surface area contributed by atoms with Gasteiger partial charge in [0.25, 0.3) is 0 Å². The number of fused-ring (bicyclic) bond motifs is 1. The Bertz CT molecular complexity index is 588. The maximum atomic E-state index is 6.06. The Labute approximate surface area is 120 Å². The second kappa shape index (κ2) is 5.57. The largest absolute Gasteiger partial charge is 0.397 e. The molecule has 0 fully saturated rings. The molecule has 0 spiro atoms. The predicted octanol–water partition coefficient (Wildman–Crippen LogP) is 3.21. The highest BCUT2D eigenvalue weighted by Crippen LogP contribution is 2.33. The number of nitrogen functional groups attached to an aromatic ring is 1.